The van der Waals surface area contributed by atoms with Gasteiger partial charge in [-0.05, 0) is 55.9 Å². The Balaban J connectivity index is 2.32. The molecule has 1 aromatic heterocycles. The Labute approximate surface area is 155 Å². The number of hydrogen-bond acceptors (Lipinski definition) is 3. The van der Waals surface area contributed by atoms with Gasteiger partial charge in [-0.25, -0.2) is 9.37 Å². The standard InChI is InChI=1S/C21H25FN4/c1-25(2)16-19-6-4-5-14-23-17-24-21(19)12-9-18-7-10-20(11-8-18)26(3)15-13-22/h4-8,10-11,14,17H,13,15-16H2,1-3H3,(H,23,24). The van der Waals surface area contributed by atoms with Crippen molar-refractivity contribution in [1.29, 1.82) is 0 Å². The lowest BCUT2D eigenvalue weighted by Gasteiger charge is -2.17. The van der Waals surface area contributed by atoms with E-state index in [0.29, 0.717) is 6.54 Å². The van der Waals surface area contributed by atoms with Crippen LogP contribution in [-0.2, 0) is 6.54 Å². The van der Waals surface area contributed by atoms with Gasteiger partial charge in [-0.1, -0.05) is 18.1 Å². The van der Waals surface area contributed by atoms with E-state index in [1.54, 1.807) is 12.5 Å². The van der Waals surface area contributed by atoms with Crippen molar-refractivity contribution in [2.24, 2.45) is 0 Å². The van der Waals surface area contributed by atoms with Crippen molar-refractivity contribution >= 4 is 5.69 Å². The van der Waals surface area contributed by atoms with E-state index in [1.807, 2.05) is 68.5 Å². The smallest absolute Gasteiger partial charge is 0.107 e. The quantitative estimate of drug-likeness (QED) is 0.838. The number of H-pyrrole nitrogens is 1. The fourth-order valence-corrected chi connectivity index (χ4v) is 2.37. The molecule has 136 valence electrons. The highest BCUT2D eigenvalue weighted by Gasteiger charge is 2.01. The van der Waals surface area contributed by atoms with E-state index in [-0.39, 0.29) is 6.67 Å². The van der Waals surface area contributed by atoms with Crippen LogP contribution in [0, 0.1) is 11.8 Å². The molecule has 0 fully saturated rings. The summed E-state index contributed by atoms with van der Waals surface area (Å²) in [5.74, 6) is 6.40. The number of halogens is 1. The minimum atomic E-state index is -0.365. The van der Waals surface area contributed by atoms with Crippen LogP contribution in [0.3, 0.4) is 0 Å². The van der Waals surface area contributed by atoms with E-state index in [0.717, 1.165) is 29.1 Å². The summed E-state index contributed by atoms with van der Waals surface area (Å²) in [5.41, 5.74) is 3.78. The van der Waals surface area contributed by atoms with Crippen LogP contribution in [0.2, 0.25) is 0 Å². The molecule has 0 saturated heterocycles. The summed E-state index contributed by atoms with van der Waals surface area (Å²) in [6.07, 6.45) is 3.36. The van der Waals surface area contributed by atoms with Crippen LogP contribution in [-0.4, -0.2) is 49.2 Å². The molecule has 26 heavy (non-hydrogen) atoms. The predicted molar refractivity (Wildman–Crippen MR) is 105 cm³/mol. The molecule has 1 N–H and O–H groups in total. The molecule has 2 rings (SSSR count). The molecule has 0 aliphatic carbocycles. The van der Waals surface area contributed by atoms with Crippen molar-refractivity contribution in [1.82, 2.24) is 14.9 Å². The summed E-state index contributed by atoms with van der Waals surface area (Å²) in [7, 11) is 5.92. The molecular formula is C21H25FN4. The Morgan fingerprint density at radius 3 is 2.50 bits per heavy atom. The van der Waals surface area contributed by atoms with Gasteiger partial charge < -0.3 is 14.8 Å². The van der Waals surface area contributed by atoms with Gasteiger partial charge in [0, 0.05) is 37.6 Å². The summed E-state index contributed by atoms with van der Waals surface area (Å²) in [6.45, 7) is 0.786. The molecule has 5 heteroatoms. The Kier molecular flexibility index (Phi) is 7.66. The van der Waals surface area contributed by atoms with Crippen molar-refractivity contribution in [3.63, 3.8) is 0 Å². The van der Waals surface area contributed by atoms with Gasteiger partial charge in [0.1, 0.15) is 6.67 Å². The molecule has 1 heterocycles. The second-order valence-corrected chi connectivity index (χ2v) is 6.17. The van der Waals surface area contributed by atoms with Gasteiger partial charge in [-0.15, -0.1) is 0 Å². The molecule has 2 aromatic rings. The lowest BCUT2D eigenvalue weighted by atomic mass is 10.1. The van der Waals surface area contributed by atoms with E-state index >= 15 is 0 Å². The van der Waals surface area contributed by atoms with Gasteiger partial charge in [-0.3, -0.25) is 0 Å². The molecule has 4 nitrogen and oxygen atoms in total. The molecule has 0 radical (unpaired) electrons. The van der Waals surface area contributed by atoms with Gasteiger partial charge >= 0.3 is 0 Å². The predicted octanol–water partition coefficient (Wildman–Crippen LogP) is 3.40. The van der Waals surface area contributed by atoms with Gasteiger partial charge in [0.05, 0.1) is 12.0 Å². The Morgan fingerprint density at radius 1 is 1.04 bits per heavy atom. The number of anilines is 1. The molecule has 0 saturated carbocycles. The maximum atomic E-state index is 12.5. The normalized spacial score (nSPS) is 10.0. The van der Waals surface area contributed by atoms with E-state index in [4.69, 9.17) is 0 Å². The molecular weight excluding hydrogens is 327 g/mol. The summed E-state index contributed by atoms with van der Waals surface area (Å²) >= 11 is 0. The second kappa shape index (κ2) is 10.2. The van der Waals surface area contributed by atoms with Crippen molar-refractivity contribution in [3.05, 3.63) is 71.8 Å². The molecule has 0 spiro atoms. The number of benzene rings is 1. The van der Waals surface area contributed by atoms with Crippen LogP contribution in [0.15, 0.2) is 55.0 Å². The van der Waals surface area contributed by atoms with Gasteiger partial charge in [-0.2, -0.15) is 0 Å². The summed E-state index contributed by atoms with van der Waals surface area (Å²) in [6, 6.07) is 13.7. The summed E-state index contributed by atoms with van der Waals surface area (Å²) in [5, 5.41) is 0. The third kappa shape index (κ3) is 6.23. The SMILES string of the molecule is CN(C)Cc1ccccnc[nH]c1C#Cc1ccc(N(C)CCF)cc1. The average molecular weight is 352 g/mol. The van der Waals surface area contributed by atoms with Gasteiger partial charge in [0.25, 0.3) is 0 Å². The number of hydrogen-bond donors (Lipinski definition) is 1. The molecule has 0 atom stereocenters. The number of aromatic nitrogens is 2. The van der Waals surface area contributed by atoms with Crippen LogP contribution >= 0.6 is 0 Å². The average Bonchev–Trinajstić information content (AvgIpc) is 2.73. The summed E-state index contributed by atoms with van der Waals surface area (Å²) < 4.78 is 12.5. The van der Waals surface area contributed by atoms with Crippen LogP contribution in [0.5, 0.6) is 0 Å². The van der Waals surface area contributed by atoms with Gasteiger partial charge in [0.2, 0.25) is 0 Å². The minimum absolute atomic E-state index is 0.365. The van der Waals surface area contributed by atoms with E-state index in [9.17, 15) is 4.39 Å². The van der Waals surface area contributed by atoms with Crippen LogP contribution < -0.4 is 4.90 Å². The minimum Gasteiger partial charge on any atom is -0.372 e. The maximum Gasteiger partial charge on any atom is 0.107 e. The lowest BCUT2D eigenvalue weighted by molar-refractivity contribution is 0.401. The first-order chi connectivity index (χ1) is 12.6. The number of aromatic amines is 1. The molecule has 0 aliphatic rings. The highest BCUT2D eigenvalue weighted by molar-refractivity contribution is 5.51. The zero-order valence-corrected chi connectivity index (χ0v) is 15.5. The fourth-order valence-electron chi connectivity index (χ4n) is 2.37. The van der Waals surface area contributed by atoms with E-state index in [2.05, 4.69) is 26.7 Å². The summed E-state index contributed by atoms with van der Waals surface area (Å²) in [4.78, 5) is 11.3. The molecule has 0 unspecified atom stereocenters. The van der Waals surface area contributed by atoms with Crippen molar-refractivity contribution < 1.29 is 4.39 Å². The molecule has 1 aromatic carbocycles. The van der Waals surface area contributed by atoms with Crippen LogP contribution in [0.4, 0.5) is 10.1 Å². The van der Waals surface area contributed by atoms with Crippen molar-refractivity contribution in [2.75, 3.05) is 39.3 Å². The molecule has 0 aliphatic heterocycles. The fraction of sp³-hybridized carbons (Fsp3) is 0.286. The number of nitrogens with zero attached hydrogens (tertiary/aromatic N) is 3. The van der Waals surface area contributed by atoms with E-state index < -0.39 is 0 Å². The number of rotatable bonds is 5. The first kappa shape index (κ1) is 19.5. The number of nitrogens with one attached hydrogen (secondary N) is 1. The third-order valence-corrected chi connectivity index (χ3v) is 3.73. The third-order valence-electron chi connectivity index (χ3n) is 3.73. The van der Waals surface area contributed by atoms with Crippen molar-refractivity contribution in [2.45, 2.75) is 6.54 Å². The second-order valence-electron chi connectivity index (χ2n) is 6.17. The number of alkyl halides is 1. The van der Waals surface area contributed by atoms with Crippen LogP contribution in [0.25, 0.3) is 0 Å². The first-order valence-corrected chi connectivity index (χ1v) is 8.48. The van der Waals surface area contributed by atoms with E-state index in [1.165, 1.54) is 0 Å². The highest BCUT2D eigenvalue weighted by atomic mass is 19.1. The zero-order chi connectivity index (χ0) is 18.8. The topological polar surface area (TPSA) is 35.2 Å². The zero-order valence-electron chi connectivity index (χ0n) is 15.5. The lowest BCUT2D eigenvalue weighted by Crippen LogP contribution is -2.19. The Morgan fingerprint density at radius 2 is 1.81 bits per heavy atom. The van der Waals surface area contributed by atoms with Crippen LogP contribution in [0.1, 0.15) is 16.8 Å². The maximum absolute atomic E-state index is 12.5. The van der Waals surface area contributed by atoms with Gasteiger partial charge in [0.15, 0.2) is 0 Å². The largest absolute Gasteiger partial charge is 0.372 e. The monoisotopic (exact) mass is 352 g/mol. The first-order valence-electron chi connectivity index (χ1n) is 8.48. The Bertz CT molecular complexity index is 799. The Hall–Kier alpha value is -2.84. The highest BCUT2D eigenvalue weighted by Crippen LogP contribution is 2.13. The molecule has 0 amide bonds. The molecule has 0 bridgehead atoms. The van der Waals surface area contributed by atoms with Crippen molar-refractivity contribution in [3.8, 4) is 11.8 Å².